The van der Waals surface area contributed by atoms with Crippen LogP contribution < -0.4 is 15.5 Å². The van der Waals surface area contributed by atoms with Crippen molar-refractivity contribution in [2.75, 3.05) is 29.9 Å². The number of nitrogens with one attached hydrogen (secondary N) is 2. The molecule has 1 aromatic carbocycles. The molecule has 0 bridgehead atoms. The Morgan fingerprint density at radius 3 is 3.05 bits per heavy atom. The zero-order chi connectivity index (χ0) is 13.7. The van der Waals surface area contributed by atoms with Crippen molar-refractivity contribution < 1.29 is 4.79 Å². The van der Waals surface area contributed by atoms with E-state index >= 15 is 0 Å². The van der Waals surface area contributed by atoms with Gasteiger partial charge in [-0.25, -0.2) is 0 Å². The van der Waals surface area contributed by atoms with Crippen molar-refractivity contribution in [2.24, 2.45) is 0 Å². The Morgan fingerprint density at radius 1 is 1.47 bits per heavy atom. The average Bonchev–Trinajstić information content (AvgIpc) is 2.66. The fourth-order valence-electron chi connectivity index (χ4n) is 2.41. The van der Waals surface area contributed by atoms with Crippen molar-refractivity contribution in [3.05, 3.63) is 24.3 Å². The first kappa shape index (κ1) is 13.7. The second kappa shape index (κ2) is 6.45. The lowest BCUT2D eigenvalue weighted by molar-refractivity contribution is -0.122. The molecule has 0 spiro atoms. The zero-order valence-electron chi connectivity index (χ0n) is 11.8. The number of carbonyl (C=O) groups excluding carboxylic acids is 1. The minimum Gasteiger partial charge on any atom is -0.383 e. The first-order valence-corrected chi connectivity index (χ1v) is 7.11. The molecule has 0 aromatic heterocycles. The Labute approximate surface area is 115 Å². The van der Waals surface area contributed by atoms with E-state index in [1.165, 1.54) is 0 Å². The molecule has 0 saturated heterocycles. The quantitative estimate of drug-likeness (QED) is 0.873. The third-order valence-electron chi connectivity index (χ3n) is 3.50. The van der Waals surface area contributed by atoms with Gasteiger partial charge in [-0.3, -0.25) is 4.79 Å². The predicted molar refractivity (Wildman–Crippen MR) is 79.7 cm³/mol. The van der Waals surface area contributed by atoms with Crippen LogP contribution in [0, 0.1) is 0 Å². The molecular formula is C15H23N3O. The van der Waals surface area contributed by atoms with Crippen molar-refractivity contribution in [3.8, 4) is 0 Å². The molecule has 2 N–H and O–H groups in total. The summed E-state index contributed by atoms with van der Waals surface area (Å²) in [5.41, 5.74) is 2.24. The van der Waals surface area contributed by atoms with Crippen molar-refractivity contribution in [3.63, 3.8) is 0 Å². The standard InChI is InChI=1S/C15H23N3O/c1-3-9-17-15(19)12(2)18-11-6-10-16-13-7-4-5-8-14(13)18/h4-5,7-8,12,16H,3,6,9-11H2,1-2H3,(H,17,19). The van der Waals surface area contributed by atoms with Gasteiger partial charge in [-0.1, -0.05) is 19.1 Å². The molecule has 0 aliphatic carbocycles. The van der Waals surface area contributed by atoms with Gasteiger partial charge in [0.25, 0.3) is 0 Å². The highest BCUT2D eigenvalue weighted by Gasteiger charge is 2.24. The van der Waals surface area contributed by atoms with E-state index < -0.39 is 0 Å². The second-order valence-corrected chi connectivity index (χ2v) is 4.96. The van der Waals surface area contributed by atoms with Crippen LogP contribution in [0.3, 0.4) is 0 Å². The topological polar surface area (TPSA) is 44.4 Å². The van der Waals surface area contributed by atoms with Crippen LogP contribution in [0.1, 0.15) is 26.7 Å². The SMILES string of the molecule is CCCNC(=O)C(C)N1CCCNc2ccccc21. The van der Waals surface area contributed by atoms with Crippen molar-refractivity contribution in [1.29, 1.82) is 0 Å². The van der Waals surface area contributed by atoms with Gasteiger partial charge < -0.3 is 15.5 Å². The van der Waals surface area contributed by atoms with Crippen LogP contribution in [0.15, 0.2) is 24.3 Å². The molecule has 1 amide bonds. The maximum atomic E-state index is 12.2. The van der Waals surface area contributed by atoms with Gasteiger partial charge in [-0.05, 0) is 31.9 Å². The number of hydrogen-bond donors (Lipinski definition) is 2. The van der Waals surface area contributed by atoms with E-state index in [-0.39, 0.29) is 11.9 Å². The molecule has 4 heteroatoms. The Balaban J connectivity index is 2.17. The molecule has 0 radical (unpaired) electrons. The number of amides is 1. The monoisotopic (exact) mass is 261 g/mol. The van der Waals surface area contributed by atoms with Crippen LogP contribution in [0.4, 0.5) is 11.4 Å². The molecule has 4 nitrogen and oxygen atoms in total. The smallest absolute Gasteiger partial charge is 0.242 e. The van der Waals surface area contributed by atoms with Gasteiger partial charge >= 0.3 is 0 Å². The van der Waals surface area contributed by atoms with Gasteiger partial charge in [-0.15, -0.1) is 0 Å². The third kappa shape index (κ3) is 3.19. The largest absolute Gasteiger partial charge is 0.383 e. The van der Waals surface area contributed by atoms with E-state index in [9.17, 15) is 4.79 Å². The maximum absolute atomic E-state index is 12.2. The Kier molecular flexibility index (Phi) is 4.66. The van der Waals surface area contributed by atoms with Gasteiger partial charge in [0, 0.05) is 19.6 Å². The highest BCUT2D eigenvalue weighted by molar-refractivity contribution is 5.86. The van der Waals surface area contributed by atoms with E-state index in [0.717, 1.165) is 43.9 Å². The van der Waals surface area contributed by atoms with Gasteiger partial charge in [0.1, 0.15) is 6.04 Å². The summed E-state index contributed by atoms with van der Waals surface area (Å²) >= 11 is 0. The summed E-state index contributed by atoms with van der Waals surface area (Å²) in [6, 6.07) is 8.07. The average molecular weight is 261 g/mol. The number of para-hydroxylation sites is 2. The summed E-state index contributed by atoms with van der Waals surface area (Å²) in [7, 11) is 0. The minimum absolute atomic E-state index is 0.110. The minimum atomic E-state index is -0.132. The molecule has 1 heterocycles. The third-order valence-corrected chi connectivity index (χ3v) is 3.50. The first-order chi connectivity index (χ1) is 9.24. The fourth-order valence-corrected chi connectivity index (χ4v) is 2.41. The summed E-state index contributed by atoms with van der Waals surface area (Å²) in [4.78, 5) is 14.3. The van der Waals surface area contributed by atoms with Crippen LogP contribution in [0.25, 0.3) is 0 Å². The predicted octanol–water partition coefficient (Wildman–Crippen LogP) is 2.22. The second-order valence-electron chi connectivity index (χ2n) is 4.96. The van der Waals surface area contributed by atoms with Crippen molar-refractivity contribution in [1.82, 2.24) is 5.32 Å². The normalized spacial score (nSPS) is 16.0. The lowest BCUT2D eigenvalue weighted by atomic mass is 10.2. The summed E-state index contributed by atoms with van der Waals surface area (Å²) in [6.07, 6.45) is 2.01. The summed E-state index contributed by atoms with van der Waals surface area (Å²) in [5.74, 6) is 0.110. The first-order valence-electron chi connectivity index (χ1n) is 7.11. The molecule has 19 heavy (non-hydrogen) atoms. The fraction of sp³-hybridized carbons (Fsp3) is 0.533. The highest BCUT2D eigenvalue weighted by atomic mass is 16.2. The number of benzene rings is 1. The van der Waals surface area contributed by atoms with Crippen molar-refractivity contribution in [2.45, 2.75) is 32.7 Å². The van der Waals surface area contributed by atoms with E-state index in [0.29, 0.717) is 0 Å². The molecule has 2 rings (SSSR count). The van der Waals surface area contributed by atoms with E-state index in [4.69, 9.17) is 0 Å². The summed E-state index contributed by atoms with van der Waals surface area (Å²) in [5, 5.41) is 6.40. The van der Waals surface area contributed by atoms with Gasteiger partial charge in [0.05, 0.1) is 11.4 Å². The van der Waals surface area contributed by atoms with Gasteiger partial charge in [0.15, 0.2) is 0 Å². The van der Waals surface area contributed by atoms with Crippen LogP contribution in [0.5, 0.6) is 0 Å². The Hall–Kier alpha value is -1.71. The van der Waals surface area contributed by atoms with E-state index in [1.54, 1.807) is 0 Å². The van der Waals surface area contributed by atoms with Gasteiger partial charge in [0.2, 0.25) is 5.91 Å². The van der Waals surface area contributed by atoms with Crippen LogP contribution in [0.2, 0.25) is 0 Å². The number of rotatable bonds is 4. The number of anilines is 2. The Bertz CT molecular complexity index is 433. The van der Waals surface area contributed by atoms with Crippen molar-refractivity contribution >= 4 is 17.3 Å². The molecule has 1 aliphatic rings. The van der Waals surface area contributed by atoms with E-state index in [1.807, 2.05) is 19.1 Å². The molecular weight excluding hydrogens is 238 g/mol. The highest BCUT2D eigenvalue weighted by Crippen LogP contribution is 2.29. The van der Waals surface area contributed by atoms with Crippen LogP contribution in [-0.4, -0.2) is 31.6 Å². The zero-order valence-corrected chi connectivity index (χ0v) is 11.8. The molecule has 0 fully saturated rings. The molecule has 1 aromatic rings. The lowest BCUT2D eigenvalue weighted by Gasteiger charge is -2.30. The Morgan fingerprint density at radius 2 is 2.26 bits per heavy atom. The molecule has 1 aliphatic heterocycles. The number of carbonyl (C=O) groups is 1. The number of nitrogens with zero attached hydrogens (tertiary/aromatic N) is 1. The molecule has 0 saturated carbocycles. The van der Waals surface area contributed by atoms with Crippen LogP contribution in [-0.2, 0) is 4.79 Å². The van der Waals surface area contributed by atoms with Gasteiger partial charge in [-0.2, -0.15) is 0 Å². The summed E-state index contributed by atoms with van der Waals surface area (Å²) in [6.45, 7) is 6.65. The molecule has 1 atom stereocenters. The molecule has 104 valence electrons. The number of fused-ring (bicyclic) bond motifs is 1. The lowest BCUT2D eigenvalue weighted by Crippen LogP contribution is -2.45. The maximum Gasteiger partial charge on any atom is 0.242 e. The molecule has 1 unspecified atom stereocenters. The van der Waals surface area contributed by atoms with Crippen LogP contribution >= 0.6 is 0 Å². The number of hydrogen-bond acceptors (Lipinski definition) is 3. The summed E-state index contributed by atoms with van der Waals surface area (Å²) < 4.78 is 0. The van der Waals surface area contributed by atoms with E-state index in [2.05, 4.69) is 34.6 Å².